The van der Waals surface area contributed by atoms with Crippen LogP contribution in [0.15, 0.2) is 0 Å². The number of esters is 1. The van der Waals surface area contributed by atoms with Gasteiger partial charge in [0.05, 0.1) is 12.5 Å². The first-order valence-corrected chi connectivity index (χ1v) is 10.0. The number of carbonyl (C=O) groups excluding carboxylic acids is 1. The minimum Gasteiger partial charge on any atom is -0.464 e. The summed E-state index contributed by atoms with van der Waals surface area (Å²) >= 11 is 0. The van der Waals surface area contributed by atoms with Crippen LogP contribution in [0.2, 0.25) is 19.6 Å². The largest absolute Gasteiger partial charge is 0.464 e. The maximum atomic E-state index is 11.8. The molecule has 0 heterocycles. The van der Waals surface area contributed by atoms with Gasteiger partial charge in [-0.15, -0.1) is 11.5 Å². The van der Waals surface area contributed by atoms with E-state index in [-0.39, 0.29) is 11.9 Å². The second kappa shape index (κ2) is 8.33. The molecule has 2 atom stereocenters. The van der Waals surface area contributed by atoms with Crippen molar-refractivity contribution in [2.45, 2.75) is 52.4 Å². The third-order valence-corrected chi connectivity index (χ3v) is 3.25. The Morgan fingerprint density at radius 1 is 1.33 bits per heavy atom. The first-order chi connectivity index (χ1) is 8.31. The average Bonchev–Trinajstić information content (AvgIpc) is 2.27. The highest BCUT2D eigenvalue weighted by Crippen LogP contribution is 2.09. The summed E-state index contributed by atoms with van der Waals surface area (Å²) in [6.45, 7) is 11.0. The van der Waals surface area contributed by atoms with E-state index in [0.717, 1.165) is 12.8 Å². The summed E-state index contributed by atoms with van der Waals surface area (Å²) in [4.78, 5) is 11.8. The van der Waals surface area contributed by atoms with Gasteiger partial charge in [0.2, 0.25) is 0 Å². The van der Waals surface area contributed by atoms with Gasteiger partial charge in [-0.1, -0.05) is 33.0 Å². The molecule has 0 saturated heterocycles. The van der Waals surface area contributed by atoms with E-state index in [1.165, 1.54) is 7.11 Å². The molecule has 0 aliphatic rings. The highest BCUT2D eigenvalue weighted by Gasteiger charge is 2.25. The quantitative estimate of drug-likeness (QED) is 0.322. The Labute approximate surface area is 112 Å². The standard InChI is InChI=1S/C14H26O3Si/c1-7-8-10-17-14(15)13(16-3)12(2)9-11-18(4,5)6/h12-13H,7-8,10H2,1-6H3/t12-,13+/m0/s1. The third kappa shape index (κ3) is 7.52. The van der Waals surface area contributed by atoms with E-state index < -0.39 is 14.2 Å². The summed E-state index contributed by atoms with van der Waals surface area (Å²) in [6.07, 6.45) is 1.32. The van der Waals surface area contributed by atoms with Gasteiger partial charge in [-0.2, -0.15) is 0 Å². The lowest BCUT2D eigenvalue weighted by molar-refractivity contribution is -0.157. The molecule has 104 valence electrons. The second-order valence-electron chi connectivity index (χ2n) is 5.49. The summed E-state index contributed by atoms with van der Waals surface area (Å²) in [5.41, 5.74) is 3.26. The zero-order valence-electron chi connectivity index (χ0n) is 12.5. The normalized spacial score (nSPS) is 14.3. The van der Waals surface area contributed by atoms with Gasteiger partial charge in [-0.05, 0) is 13.3 Å². The van der Waals surface area contributed by atoms with Crippen LogP contribution in [-0.4, -0.2) is 33.9 Å². The molecule has 0 unspecified atom stereocenters. The van der Waals surface area contributed by atoms with Crippen molar-refractivity contribution in [2.75, 3.05) is 13.7 Å². The lowest BCUT2D eigenvalue weighted by Crippen LogP contribution is -2.32. The molecule has 0 radical (unpaired) electrons. The Hall–Kier alpha value is -0.793. The van der Waals surface area contributed by atoms with Gasteiger partial charge in [0, 0.05) is 7.11 Å². The number of hydrogen-bond donors (Lipinski definition) is 0. The van der Waals surface area contributed by atoms with Gasteiger partial charge in [0.15, 0.2) is 6.10 Å². The topological polar surface area (TPSA) is 35.5 Å². The van der Waals surface area contributed by atoms with Gasteiger partial charge >= 0.3 is 5.97 Å². The van der Waals surface area contributed by atoms with Crippen molar-refractivity contribution in [2.24, 2.45) is 5.92 Å². The molecule has 0 spiro atoms. The first-order valence-electron chi connectivity index (χ1n) is 6.54. The zero-order chi connectivity index (χ0) is 14.2. The monoisotopic (exact) mass is 270 g/mol. The van der Waals surface area contributed by atoms with Crippen LogP contribution in [0.4, 0.5) is 0 Å². The van der Waals surface area contributed by atoms with E-state index in [2.05, 4.69) is 38.0 Å². The molecular formula is C14H26O3Si. The van der Waals surface area contributed by atoms with E-state index in [4.69, 9.17) is 9.47 Å². The Kier molecular flexibility index (Phi) is 7.97. The number of unbranched alkanes of at least 4 members (excludes halogenated alkanes) is 1. The van der Waals surface area contributed by atoms with Crippen LogP contribution in [0.25, 0.3) is 0 Å². The van der Waals surface area contributed by atoms with Crippen LogP contribution in [-0.2, 0) is 14.3 Å². The second-order valence-corrected chi connectivity index (χ2v) is 10.2. The van der Waals surface area contributed by atoms with E-state index in [0.29, 0.717) is 6.61 Å². The van der Waals surface area contributed by atoms with Gasteiger partial charge in [0.1, 0.15) is 8.07 Å². The number of hydrogen-bond acceptors (Lipinski definition) is 3. The Morgan fingerprint density at radius 3 is 2.39 bits per heavy atom. The van der Waals surface area contributed by atoms with Crippen LogP contribution in [0.3, 0.4) is 0 Å². The van der Waals surface area contributed by atoms with E-state index in [1.807, 2.05) is 6.92 Å². The molecule has 0 fully saturated rings. The Bertz CT molecular complexity index is 309. The Morgan fingerprint density at radius 2 is 1.94 bits per heavy atom. The highest BCUT2D eigenvalue weighted by atomic mass is 28.3. The summed E-state index contributed by atoms with van der Waals surface area (Å²) in [5.74, 6) is 2.70. The smallest absolute Gasteiger partial charge is 0.336 e. The zero-order valence-corrected chi connectivity index (χ0v) is 13.5. The minimum atomic E-state index is -1.41. The summed E-state index contributed by atoms with van der Waals surface area (Å²) < 4.78 is 10.4. The molecule has 0 aliphatic carbocycles. The molecule has 0 saturated carbocycles. The molecule has 3 nitrogen and oxygen atoms in total. The number of methoxy groups -OCH3 is 1. The van der Waals surface area contributed by atoms with Crippen molar-refractivity contribution in [3.8, 4) is 11.5 Å². The molecule has 0 N–H and O–H groups in total. The maximum Gasteiger partial charge on any atom is 0.336 e. The van der Waals surface area contributed by atoms with Crippen LogP contribution in [0, 0.1) is 17.4 Å². The van der Waals surface area contributed by atoms with Gasteiger partial charge in [0.25, 0.3) is 0 Å². The fraction of sp³-hybridized carbons (Fsp3) is 0.786. The predicted molar refractivity (Wildman–Crippen MR) is 77.0 cm³/mol. The molecule has 0 rings (SSSR count). The van der Waals surface area contributed by atoms with Gasteiger partial charge < -0.3 is 9.47 Å². The molecule has 0 aromatic heterocycles. The minimum absolute atomic E-state index is 0.129. The van der Waals surface area contributed by atoms with Crippen LogP contribution in [0.5, 0.6) is 0 Å². The Balaban J connectivity index is 4.46. The predicted octanol–water partition coefficient (Wildman–Crippen LogP) is 2.86. The van der Waals surface area contributed by atoms with E-state index in [9.17, 15) is 4.79 Å². The van der Waals surface area contributed by atoms with E-state index >= 15 is 0 Å². The van der Waals surface area contributed by atoms with Crippen LogP contribution in [0.1, 0.15) is 26.7 Å². The average molecular weight is 270 g/mol. The highest BCUT2D eigenvalue weighted by molar-refractivity contribution is 6.83. The van der Waals surface area contributed by atoms with Crippen LogP contribution < -0.4 is 0 Å². The molecular weight excluding hydrogens is 244 g/mol. The van der Waals surface area contributed by atoms with Crippen molar-refractivity contribution in [3.63, 3.8) is 0 Å². The molecule has 0 aliphatic heterocycles. The van der Waals surface area contributed by atoms with Crippen molar-refractivity contribution < 1.29 is 14.3 Å². The van der Waals surface area contributed by atoms with Crippen molar-refractivity contribution >= 4 is 14.0 Å². The van der Waals surface area contributed by atoms with Gasteiger partial charge in [-0.3, -0.25) is 0 Å². The first kappa shape index (κ1) is 17.2. The SMILES string of the molecule is CCCCOC(=O)[C@H](OC)[C@@H](C)C#C[Si](C)(C)C. The van der Waals surface area contributed by atoms with Crippen molar-refractivity contribution in [1.82, 2.24) is 0 Å². The number of carbonyl (C=O) groups is 1. The fourth-order valence-electron chi connectivity index (χ4n) is 1.31. The van der Waals surface area contributed by atoms with Gasteiger partial charge in [-0.25, -0.2) is 4.79 Å². The van der Waals surface area contributed by atoms with E-state index in [1.54, 1.807) is 0 Å². The van der Waals surface area contributed by atoms with Crippen molar-refractivity contribution in [1.29, 1.82) is 0 Å². The maximum absolute atomic E-state index is 11.8. The molecule has 4 heteroatoms. The summed E-state index contributed by atoms with van der Waals surface area (Å²) in [5, 5.41) is 0. The third-order valence-electron chi connectivity index (χ3n) is 2.36. The molecule has 0 bridgehead atoms. The van der Waals surface area contributed by atoms with Crippen LogP contribution >= 0.6 is 0 Å². The summed E-state index contributed by atoms with van der Waals surface area (Å²) in [6, 6.07) is 0. The van der Waals surface area contributed by atoms with Crippen molar-refractivity contribution in [3.05, 3.63) is 0 Å². The lowest BCUT2D eigenvalue weighted by atomic mass is 10.1. The number of ether oxygens (including phenoxy) is 2. The molecule has 18 heavy (non-hydrogen) atoms. The lowest BCUT2D eigenvalue weighted by Gasteiger charge is -2.17. The molecule has 0 amide bonds. The number of rotatable bonds is 6. The molecule has 0 aromatic carbocycles. The fourth-order valence-corrected chi connectivity index (χ4v) is 1.97. The summed E-state index contributed by atoms with van der Waals surface area (Å²) in [7, 11) is 0.113. The molecule has 0 aromatic rings.